The summed E-state index contributed by atoms with van der Waals surface area (Å²) in [5.74, 6) is 0.505. The van der Waals surface area contributed by atoms with Crippen molar-refractivity contribution in [1.29, 1.82) is 0 Å². The monoisotopic (exact) mass is 489 g/mol. The average Bonchev–Trinajstić information content (AvgIpc) is 3.39. The number of sulfone groups is 1. The highest BCUT2D eigenvalue weighted by Gasteiger charge is 2.30. The summed E-state index contributed by atoms with van der Waals surface area (Å²) in [5.41, 5.74) is 1.06. The summed E-state index contributed by atoms with van der Waals surface area (Å²) in [7, 11) is -3.87. The molecule has 148 valence electrons. The molecule has 2 aromatic carbocycles. The van der Waals surface area contributed by atoms with E-state index in [4.69, 9.17) is 8.83 Å². The fourth-order valence-corrected chi connectivity index (χ4v) is 5.53. The highest BCUT2D eigenvalue weighted by atomic mass is 79.9. The predicted octanol–water partition coefficient (Wildman–Crippen LogP) is 6.38. The smallest absolute Gasteiger partial charge is 0.265 e. The maximum absolute atomic E-state index is 13.3. The Morgan fingerprint density at radius 1 is 1.00 bits per heavy atom. The van der Waals surface area contributed by atoms with Crippen LogP contribution in [0.5, 0.6) is 0 Å². The molecule has 0 radical (unpaired) electrons. The fourth-order valence-electron chi connectivity index (χ4n) is 2.72. The molecule has 4 rings (SSSR count). The lowest BCUT2D eigenvalue weighted by Gasteiger charge is -2.10. The van der Waals surface area contributed by atoms with Crippen LogP contribution in [0.3, 0.4) is 0 Å². The maximum atomic E-state index is 13.3. The lowest BCUT2D eigenvalue weighted by molar-refractivity contribution is 0.450. The minimum Gasteiger partial charge on any atom is -0.459 e. The SMILES string of the molecule is CC(Sc1oc(-c2ccco2)nc1S(=O)(=O)c1ccc(Br)cc1)c1ccccc1. The van der Waals surface area contributed by atoms with E-state index in [-0.39, 0.29) is 26.2 Å². The van der Waals surface area contributed by atoms with Crippen LogP contribution in [-0.2, 0) is 9.84 Å². The van der Waals surface area contributed by atoms with Crippen molar-refractivity contribution in [2.24, 2.45) is 0 Å². The molecule has 0 amide bonds. The predicted molar refractivity (Wildman–Crippen MR) is 115 cm³/mol. The van der Waals surface area contributed by atoms with Gasteiger partial charge in [-0.05, 0) is 48.9 Å². The summed E-state index contributed by atoms with van der Waals surface area (Å²) in [4.78, 5) is 4.44. The van der Waals surface area contributed by atoms with Gasteiger partial charge in [-0.25, -0.2) is 8.42 Å². The van der Waals surface area contributed by atoms with Crippen molar-refractivity contribution in [1.82, 2.24) is 4.98 Å². The van der Waals surface area contributed by atoms with Gasteiger partial charge in [0.25, 0.3) is 5.89 Å². The number of hydrogen-bond acceptors (Lipinski definition) is 6. The van der Waals surface area contributed by atoms with Crippen LogP contribution >= 0.6 is 27.7 Å². The van der Waals surface area contributed by atoms with Crippen LogP contribution in [0.25, 0.3) is 11.7 Å². The Labute approximate surface area is 181 Å². The van der Waals surface area contributed by atoms with Gasteiger partial charge < -0.3 is 8.83 Å². The quantitative estimate of drug-likeness (QED) is 0.292. The van der Waals surface area contributed by atoms with Gasteiger partial charge in [-0.3, -0.25) is 0 Å². The van der Waals surface area contributed by atoms with Gasteiger partial charge in [-0.1, -0.05) is 58.0 Å². The molecule has 0 aliphatic rings. The number of hydrogen-bond donors (Lipinski definition) is 0. The molecule has 1 atom stereocenters. The first-order valence-corrected chi connectivity index (χ1v) is 11.9. The van der Waals surface area contributed by atoms with E-state index in [2.05, 4.69) is 20.9 Å². The Morgan fingerprint density at radius 3 is 2.38 bits per heavy atom. The number of aromatic nitrogens is 1. The Hall–Kier alpha value is -2.29. The van der Waals surface area contributed by atoms with E-state index in [9.17, 15) is 8.42 Å². The van der Waals surface area contributed by atoms with Crippen molar-refractivity contribution in [2.45, 2.75) is 27.2 Å². The number of oxazole rings is 1. The number of thioether (sulfide) groups is 1. The van der Waals surface area contributed by atoms with Crippen molar-refractivity contribution in [3.63, 3.8) is 0 Å². The van der Waals surface area contributed by atoms with Crippen LogP contribution in [-0.4, -0.2) is 13.4 Å². The zero-order valence-corrected chi connectivity index (χ0v) is 18.5. The third-order valence-corrected chi connectivity index (χ3v) is 7.68. The molecule has 0 bridgehead atoms. The second kappa shape index (κ2) is 8.22. The summed E-state index contributed by atoms with van der Waals surface area (Å²) in [5, 5.41) is 0.0853. The topological polar surface area (TPSA) is 73.3 Å². The number of nitrogens with zero attached hydrogens (tertiary/aromatic N) is 1. The molecule has 8 heteroatoms. The number of furan rings is 1. The minimum atomic E-state index is -3.87. The maximum Gasteiger partial charge on any atom is 0.265 e. The van der Waals surface area contributed by atoms with Gasteiger partial charge in [0.05, 0.1) is 11.2 Å². The second-order valence-electron chi connectivity index (χ2n) is 6.22. The van der Waals surface area contributed by atoms with Crippen molar-refractivity contribution in [3.05, 3.63) is 83.0 Å². The van der Waals surface area contributed by atoms with E-state index < -0.39 is 9.84 Å². The van der Waals surface area contributed by atoms with Crippen molar-refractivity contribution in [2.75, 3.05) is 0 Å². The first-order chi connectivity index (χ1) is 13.9. The average molecular weight is 490 g/mol. The van der Waals surface area contributed by atoms with E-state index >= 15 is 0 Å². The van der Waals surface area contributed by atoms with Crippen molar-refractivity contribution in [3.8, 4) is 11.7 Å². The van der Waals surface area contributed by atoms with Gasteiger partial charge in [0.1, 0.15) is 0 Å². The van der Waals surface area contributed by atoms with Gasteiger partial charge in [-0.2, -0.15) is 4.98 Å². The lowest BCUT2D eigenvalue weighted by Crippen LogP contribution is -2.04. The van der Waals surface area contributed by atoms with E-state index in [1.807, 2.05) is 37.3 Å². The normalized spacial score (nSPS) is 12.8. The Kier molecular flexibility index (Phi) is 5.67. The third kappa shape index (κ3) is 4.19. The van der Waals surface area contributed by atoms with Crippen LogP contribution < -0.4 is 0 Å². The number of benzene rings is 2. The highest BCUT2D eigenvalue weighted by molar-refractivity contribution is 9.10. The van der Waals surface area contributed by atoms with Crippen molar-refractivity contribution < 1.29 is 17.3 Å². The first-order valence-electron chi connectivity index (χ1n) is 8.72. The summed E-state index contributed by atoms with van der Waals surface area (Å²) in [6.45, 7) is 1.99. The van der Waals surface area contributed by atoms with Gasteiger partial charge in [0.2, 0.25) is 20.0 Å². The first kappa shape index (κ1) is 20.0. The summed E-state index contributed by atoms with van der Waals surface area (Å²) >= 11 is 4.63. The zero-order chi connectivity index (χ0) is 20.4. The summed E-state index contributed by atoms with van der Waals surface area (Å²) < 4.78 is 38.6. The van der Waals surface area contributed by atoms with Crippen LogP contribution in [0.2, 0.25) is 0 Å². The van der Waals surface area contributed by atoms with Crippen LogP contribution in [0.15, 0.2) is 101 Å². The van der Waals surface area contributed by atoms with E-state index in [0.29, 0.717) is 5.76 Å². The van der Waals surface area contributed by atoms with E-state index in [1.165, 1.54) is 30.2 Å². The molecule has 0 spiro atoms. The van der Waals surface area contributed by atoms with Crippen LogP contribution in [0, 0.1) is 0 Å². The highest BCUT2D eigenvalue weighted by Crippen LogP contribution is 2.41. The molecule has 0 aliphatic heterocycles. The van der Waals surface area contributed by atoms with E-state index in [0.717, 1.165) is 10.0 Å². The fraction of sp³-hybridized carbons (Fsp3) is 0.0952. The molecule has 2 heterocycles. The largest absolute Gasteiger partial charge is 0.459 e. The standard InChI is InChI=1S/C21H16BrNO4S2/c1-14(15-6-3-2-4-7-15)28-21-20(23-19(27-21)18-8-5-13-26-18)29(24,25)17-11-9-16(22)10-12-17/h2-14H,1H3. The molecular weight excluding hydrogens is 474 g/mol. The Bertz CT molecular complexity index is 1200. The van der Waals surface area contributed by atoms with Gasteiger partial charge in [-0.15, -0.1) is 0 Å². The molecule has 29 heavy (non-hydrogen) atoms. The lowest BCUT2D eigenvalue weighted by atomic mass is 10.2. The minimum absolute atomic E-state index is 0.0348. The second-order valence-corrected chi connectivity index (χ2v) is 10.3. The van der Waals surface area contributed by atoms with Crippen LogP contribution in [0.4, 0.5) is 0 Å². The molecule has 0 fully saturated rings. The Balaban J connectivity index is 1.78. The van der Waals surface area contributed by atoms with Gasteiger partial charge >= 0.3 is 0 Å². The molecule has 0 saturated carbocycles. The number of halogens is 1. The molecule has 4 aromatic rings. The molecule has 0 saturated heterocycles. The Morgan fingerprint density at radius 2 is 1.72 bits per heavy atom. The third-order valence-electron chi connectivity index (χ3n) is 4.23. The number of rotatable bonds is 6. The molecule has 5 nitrogen and oxygen atoms in total. The molecule has 0 aliphatic carbocycles. The molecular formula is C21H16BrNO4S2. The summed E-state index contributed by atoms with van der Waals surface area (Å²) in [6, 6.07) is 19.6. The van der Waals surface area contributed by atoms with Crippen molar-refractivity contribution >= 4 is 37.5 Å². The zero-order valence-electron chi connectivity index (χ0n) is 15.3. The van der Waals surface area contributed by atoms with Crippen LogP contribution in [0.1, 0.15) is 17.7 Å². The molecule has 1 unspecified atom stereocenters. The molecule has 0 N–H and O–H groups in total. The van der Waals surface area contributed by atoms with Gasteiger partial charge in [0, 0.05) is 9.72 Å². The van der Waals surface area contributed by atoms with Gasteiger partial charge in [0.15, 0.2) is 5.76 Å². The summed E-state index contributed by atoms with van der Waals surface area (Å²) in [6.07, 6.45) is 1.49. The molecule has 2 aromatic heterocycles. The van der Waals surface area contributed by atoms with E-state index in [1.54, 1.807) is 24.3 Å².